The van der Waals surface area contributed by atoms with Gasteiger partial charge in [-0.1, -0.05) is 11.6 Å². The molecule has 2 aromatic heterocycles. The second-order valence-electron chi connectivity index (χ2n) is 7.51. The van der Waals surface area contributed by atoms with E-state index in [-0.39, 0.29) is 23.8 Å². The van der Waals surface area contributed by atoms with Crippen molar-refractivity contribution >= 4 is 23.2 Å². The van der Waals surface area contributed by atoms with E-state index in [1.165, 1.54) is 7.05 Å². The molecule has 3 heterocycles. The van der Waals surface area contributed by atoms with Crippen molar-refractivity contribution in [3.8, 4) is 0 Å². The maximum absolute atomic E-state index is 13.0. The predicted octanol–water partition coefficient (Wildman–Crippen LogP) is 0.795. The van der Waals surface area contributed by atoms with E-state index in [0.717, 1.165) is 34.1 Å². The van der Waals surface area contributed by atoms with Crippen molar-refractivity contribution in [2.45, 2.75) is 46.2 Å². The van der Waals surface area contributed by atoms with E-state index in [0.29, 0.717) is 19.0 Å². The molecular weight excluding hydrogens is 376 g/mol. The average Bonchev–Trinajstić information content (AvgIpc) is 3.04. The highest BCUT2D eigenvalue weighted by atomic mass is 16.5. The molecule has 0 saturated carbocycles. The van der Waals surface area contributed by atoms with Crippen molar-refractivity contribution in [3.63, 3.8) is 0 Å². The Bertz CT molecular complexity index is 1070. The minimum Gasteiger partial charge on any atom is -0.449 e. The van der Waals surface area contributed by atoms with Crippen LogP contribution in [0.25, 0.3) is 11.2 Å². The zero-order chi connectivity index (χ0) is 21.3. The van der Waals surface area contributed by atoms with Crippen LogP contribution in [0.5, 0.6) is 0 Å². The van der Waals surface area contributed by atoms with Crippen molar-refractivity contribution < 1.29 is 9.53 Å². The lowest BCUT2D eigenvalue weighted by atomic mass is 10.1. The molecule has 1 aliphatic heterocycles. The molecule has 1 aliphatic rings. The number of ether oxygens (including phenoxy) is 1. The molecule has 1 fully saturated rings. The molecule has 1 atom stereocenters. The minimum absolute atomic E-state index is 0.00412. The van der Waals surface area contributed by atoms with Crippen LogP contribution in [0.15, 0.2) is 21.2 Å². The van der Waals surface area contributed by atoms with Crippen LogP contribution in [0.4, 0.5) is 10.7 Å². The van der Waals surface area contributed by atoms with Gasteiger partial charge in [0.05, 0.1) is 6.61 Å². The van der Waals surface area contributed by atoms with Gasteiger partial charge in [0.25, 0.3) is 5.56 Å². The average molecular weight is 404 g/mol. The van der Waals surface area contributed by atoms with Crippen LogP contribution in [-0.2, 0) is 18.3 Å². The summed E-state index contributed by atoms with van der Waals surface area (Å²) in [7, 11) is 1.34. The Labute approximate surface area is 168 Å². The van der Waals surface area contributed by atoms with Crippen LogP contribution in [0, 0.1) is 0 Å². The maximum atomic E-state index is 13.0. The summed E-state index contributed by atoms with van der Waals surface area (Å²) in [6.45, 7) is 7.37. The Hall–Kier alpha value is -2.88. The Morgan fingerprint density at radius 1 is 1.34 bits per heavy atom. The van der Waals surface area contributed by atoms with Gasteiger partial charge in [0, 0.05) is 32.7 Å². The number of piperidine rings is 1. The van der Waals surface area contributed by atoms with E-state index in [1.54, 1.807) is 11.5 Å². The third-order valence-corrected chi connectivity index (χ3v) is 5.00. The Morgan fingerprint density at radius 3 is 2.69 bits per heavy atom. The van der Waals surface area contributed by atoms with Crippen LogP contribution in [0.1, 0.15) is 33.6 Å². The van der Waals surface area contributed by atoms with Crippen LogP contribution in [0.2, 0.25) is 0 Å². The van der Waals surface area contributed by atoms with Gasteiger partial charge in [-0.2, -0.15) is 9.55 Å². The van der Waals surface area contributed by atoms with Crippen LogP contribution in [-0.4, -0.2) is 50.5 Å². The smallest absolute Gasteiger partial charge is 0.424 e. The second kappa shape index (κ2) is 8.24. The topological polar surface area (TPSA) is 117 Å². The number of carbonyl (C=O) groups is 1. The van der Waals surface area contributed by atoms with Gasteiger partial charge in [-0.05, 0) is 33.6 Å². The molecule has 3 rings (SSSR count). The molecule has 0 aliphatic carbocycles. The second-order valence-corrected chi connectivity index (χ2v) is 7.51. The predicted molar refractivity (Wildman–Crippen MR) is 111 cm³/mol. The molecule has 2 N–H and O–H groups in total. The SMILES string of the molecule is CCOC(=O)n1c(=O)n(C)c(=O)c2c1nc(N1CCCC(N)C1)n2CC=C(C)C. The summed E-state index contributed by atoms with van der Waals surface area (Å²) in [4.78, 5) is 44.7. The van der Waals surface area contributed by atoms with Gasteiger partial charge in [-0.25, -0.2) is 9.59 Å². The number of imidazole rings is 1. The highest BCUT2D eigenvalue weighted by molar-refractivity contribution is 5.85. The Balaban J connectivity index is 2.34. The van der Waals surface area contributed by atoms with E-state index in [1.807, 2.05) is 24.8 Å². The Kier molecular flexibility index (Phi) is 5.92. The normalized spacial score (nSPS) is 16.9. The van der Waals surface area contributed by atoms with E-state index in [2.05, 4.69) is 4.98 Å². The van der Waals surface area contributed by atoms with Crippen molar-refractivity contribution in [2.24, 2.45) is 12.8 Å². The van der Waals surface area contributed by atoms with E-state index in [9.17, 15) is 14.4 Å². The third-order valence-electron chi connectivity index (χ3n) is 5.00. The van der Waals surface area contributed by atoms with Crippen LogP contribution < -0.4 is 21.9 Å². The fourth-order valence-electron chi connectivity index (χ4n) is 3.51. The summed E-state index contributed by atoms with van der Waals surface area (Å²) < 4.78 is 8.52. The standard InChI is InChI=1S/C19H28N6O4/c1-5-29-19(28)25-15-14(16(26)22(4)18(25)27)24(10-8-12(2)3)17(21-15)23-9-6-7-13(20)11-23/h8,13H,5-7,9-11,20H2,1-4H3. The number of carbonyl (C=O) groups excluding carboxylic acids is 1. The lowest BCUT2D eigenvalue weighted by molar-refractivity contribution is 0.153. The number of anilines is 1. The van der Waals surface area contributed by atoms with E-state index >= 15 is 0 Å². The molecule has 0 bridgehead atoms. The minimum atomic E-state index is -0.855. The highest BCUT2D eigenvalue weighted by Crippen LogP contribution is 2.23. The van der Waals surface area contributed by atoms with Crippen molar-refractivity contribution in [3.05, 3.63) is 32.5 Å². The quantitative estimate of drug-likeness (QED) is 0.749. The van der Waals surface area contributed by atoms with Gasteiger partial charge in [0.2, 0.25) is 5.95 Å². The van der Waals surface area contributed by atoms with Gasteiger partial charge in [0.1, 0.15) is 0 Å². The van der Waals surface area contributed by atoms with E-state index in [4.69, 9.17) is 10.5 Å². The van der Waals surface area contributed by atoms with Crippen molar-refractivity contribution in [1.29, 1.82) is 0 Å². The molecule has 0 spiro atoms. The summed E-state index contributed by atoms with van der Waals surface area (Å²) in [5.74, 6) is 0.522. The first-order valence-electron chi connectivity index (χ1n) is 9.79. The number of allylic oxidation sites excluding steroid dienone is 2. The molecule has 0 amide bonds. The molecule has 10 heteroatoms. The fraction of sp³-hybridized carbons (Fsp3) is 0.579. The van der Waals surface area contributed by atoms with Gasteiger partial charge >= 0.3 is 11.8 Å². The van der Waals surface area contributed by atoms with Gasteiger partial charge in [-0.3, -0.25) is 9.36 Å². The summed E-state index contributed by atoms with van der Waals surface area (Å²) in [5, 5.41) is 0. The van der Waals surface area contributed by atoms with E-state index < -0.39 is 17.3 Å². The number of fused-ring (bicyclic) bond motifs is 1. The monoisotopic (exact) mass is 404 g/mol. The molecular formula is C19H28N6O4. The number of nitrogens with zero attached hydrogens (tertiary/aromatic N) is 5. The van der Waals surface area contributed by atoms with Gasteiger partial charge in [0.15, 0.2) is 11.2 Å². The maximum Gasteiger partial charge on any atom is 0.424 e. The fourth-order valence-corrected chi connectivity index (χ4v) is 3.51. The molecule has 2 aromatic rings. The largest absolute Gasteiger partial charge is 0.449 e. The lowest BCUT2D eigenvalue weighted by Crippen LogP contribution is -2.44. The highest BCUT2D eigenvalue weighted by Gasteiger charge is 2.28. The summed E-state index contributed by atoms with van der Waals surface area (Å²) in [6.07, 6.45) is 2.93. The zero-order valence-corrected chi connectivity index (χ0v) is 17.3. The molecule has 158 valence electrons. The first-order chi connectivity index (χ1) is 13.8. The van der Waals surface area contributed by atoms with Gasteiger partial charge < -0.3 is 19.9 Å². The number of aromatic nitrogens is 4. The molecule has 1 unspecified atom stereocenters. The summed E-state index contributed by atoms with van der Waals surface area (Å²) in [5.41, 5.74) is 6.12. The van der Waals surface area contributed by atoms with Crippen LogP contribution in [0.3, 0.4) is 0 Å². The first-order valence-corrected chi connectivity index (χ1v) is 9.79. The zero-order valence-electron chi connectivity index (χ0n) is 17.3. The summed E-state index contributed by atoms with van der Waals surface area (Å²) in [6, 6.07) is -0.00412. The Morgan fingerprint density at radius 2 is 2.07 bits per heavy atom. The van der Waals surface area contributed by atoms with Crippen molar-refractivity contribution in [2.75, 3.05) is 24.6 Å². The van der Waals surface area contributed by atoms with Gasteiger partial charge in [-0.15, -0.1) is 0 Å². The summed E-state index contributed by atoms with van der Waals surface area (Å²) >= 11 is 0. The molecule has 1 saturated heterocycles. The number of hydrogen-bond acceptors (Lipinski definition) is 7. The lowest BCUT2D eigenvalue weighted by Gasteiger charge is -2.31. The number of hydrogen-bond donors (Lipinski definition) is 1. The molecule has 0 aromatic carbocycles. The van der Waals surface area contributed by atoms with Crippen molar-refractivity contribution in [1.82, 2.24) is 18.7 Å². The van der Waals surface area contributed by atoms with Crippen LogP contribution >= 0.6 is 0 Å². The number of nitrogens with two attached hydrogens (primary N) is 1. The third kappa shape index (κ3) is 3.84. The number of rotatable bonds is 4. The molecule has 0 radical (unpaired) electrons. The molecule has 29 heavy (non-hydrogen) atoms. The first kappa shape index (κ1) is 20.8. The molecule has 10 nitrogen and oxygen atoms in total.